The van der Waals surface area contributed by atoms with Crippen molar-refractivity contribution in [3.05, 3.63) is 60.2 Å². The molecule has 0 spiro atoms. The predicted octanol–water partition coefficient (Wildman–Crippen LogP) is 3.88. The Labute approximate surface area is 169 Å². The van der Waals surface area contributed by atoms with Crippen LogP contribution < -0.4 is 24.3 Å². The van der Waals surface area contributed by atoms with Crippen molar-refractivity contribution < 1.29 is 23.7 Å². The summed E-state index contributed by atoms with van der Waals surface area (Å²) in [5.74, 6) is 2.65. The molecule has 0 fully saturated rings. The van der Waals surface area contributed by atoms with Gasteiger partial charge in [0.2, 0.25) is 0 Å². The molecule has 1 aliphatic heterocycles. The second-order valence-corrected chi connectivity index (χ2v) is 6.86. The summed E-state index contributed by atoms with van der Waals surface area (Å²) in [6, 6.07) is 17.1. The minimum atomic E-state index is -0.196. The number of hydrogen-bond acceptors (Lipinski definition) is 5. The van der Waals surface area contributed by atoms with Gasteiger partial charge in [-0.25, -0.2) is 0 Å². The average Bonchev–Trinajstić information content (AvgIpc) is 2.76. The lowest BCUT2D eigenvalue weighted by atomic mass is 10.1. The van der Waals surface area contributed by atoms with Gasteiger partial charge in [0.05, 0.1) is 13.2 Å². The van der Waals surface area contributed by atoms with Crippen LogP contribution in [0.15, 0.2) is 54.6 Å². The number of ether oxygens (including phenoxy) is 4. The number of methoxy groups -OCH3 is 1. The number of benzene rings is 3. The Morgan fingerprint density at radius 1 is 0.966 bits per heavy atom. The molecule has 1 unspecified atom stereocenters. The number of carbonyl (C=O) groups excluding carboxylic acids is 1. The van der Waals surface area contributed by atoms with E-state index in [4.69, 9.17) is 18.9 Å². The van der Waals surface area contributed by atoms with Crippen molar-refractivity contribution in [3.8, 4) is 23.0 Å². The highest BCUT2D eigenvalue weighted by Crippen LogP contribution is 2.32. The van der Waals surface area contributed by atoms with E-state index in [-0.39, 0.29) is 18.6 Å². The molecule has 1 N–H and O–H groups in total. The van der Waals surface area contributed by atoms with Gasteiger partial charge in [-0.05, 0) is 59.7 Å². The Bertz CT molecular complexity index is 1030. The third-order valence-electron chi connectivity index (χ3n) is 4.83. The minimum absolute atomic E-state index is 0.0651. The first-order valence-corrected chi connectivity index (χ1v) is 9.52. The first-order chi connectivity index (χ1) is 14.1. The van der Waals surface area contributed by atoms with Crippen LogP contribution in [0.25, 0.3) is 10.8 Å². The Morgan fingerprint density at radius 2 is 1.69 bits per heavy atom. The highest BCUT2D eigenvalue weighted by Gasteiger charge is 2.16. The van der Waals surface area contributed by atoms with E-state index >= 15 is 0 Å². The van der Waals surface area contributed by atoms with E-state index in [0.29, 0.717) is 24.7 Å². The molecule has 4 rings (SSSR count). The quantitative estimate of drug-likeness (QED) is 0.689. The number of hydrogen-bond donors (Lipinski definition) is 1. The largest absolute Gasteiger partial charge is 0.497 e. The lowest BCUT2D eigenvalue weighted by Gasteiger charge is -2.21. The van der Waals surface area contributed by atoms with E-state index in [9.17, 15) is 4.79 Å². The maximum absolute atomic E-state index is 12.3. The monoisotopic (exact) mass is 393 g/mol. The van der Waals surface area contributed by atoms with Gasteiger partial charge in [-0.15, -0.1) is 0 Å². The summed E-state index contributed by atoms with van der Waals surface area (Å²) < 4.78 is 22.1. The first-order valence-electron chi connectivity index (χ1n) is 9.52. The number of nitrogens with one attached hydrogen (secondary N) is 1. The smallest absolute Gasteiger partial charge is 0.258 e. The molecule has 0 saturated carbocycles. The van der Waals surface area contributed by atoms with Gasteiger partial charge in [-0.1, -0.05) is 18.2 Å². The maximum atomic E-state index is 12.3. The van der Waals surface area contributed by atoms with Crippen molar-refractivity contribution in [1.82, 2.24) is 5.32 Å². The Hall–Kier alpha value is -3.41. The molecule has 3 aromatic rings. The zero-order valence-electron chi connectivity index (χ0n) is 16.4. The van der Waals surface area contributed by atoms with E-state index in [1.165, 1.54) is 0 Å². The lowest BCUT2D eigenvalue weighted by molar-refractivity contribution is -0.123. The van der Waals surface area contributed by atoms with Crippen molar-refractivity contribution >= 4 is 16.7 Å². The van der Waals surface area contributed by atoms with Gasteiger partial charge in [0.15, 0.2) is 18.1 Å². The molecule has 0 radical (unpaired) electrons. The van der Waals surface area contributed by atoms with Crippen LogP contribution in [0, 0.1) is 0 Å². The molecule has 0 bridgehead atoms. The van der Waals surface area contributed by atoms with Crippen molar-refractivity contribution in [1.29, 1.82) is 0 Å². The van der Waals surface area contributed by atoms with Crippen LogP contribution >= 0.6 is 0 Å². The van der Waals surface area contributed by atoms with Crippen LogP contribution in [0.3, 0.4) is 0 Å². The summed E-state index contributed by atoms with van der Waals surface area (Å²) in [6.07, 6.45) is 0. The van der Waals surface area contributed by atoms with Crippen LogP contribution in [0.5, 0.6) is 23.0 Å². The van der Waals surface area contributed by atoms with Crippen LogP contribution in [0.4, 0.5) is 0 Å². The van der Waals surface area contributed by atoms with Gasteiger partial charge >= 0.3 is 0 Å². The summed E-state index contributed by atoms with van der Waals surface area (Å²) in [7, 11) is 1.63. The van der Waals surface area contributed by atoms with E-state index in [1.54, 1.807) is 7.11 Å². The third-order valence-corrected chi connectivity index (χ3v) is 4.83. The number of rotatable bonds is 6. The highest BCUT2D eigenvalue weighted by molar-refractivity contribution is 5.85. The van der Waals surface area contributed by atoms with E-state index in [1.807, 2.05) is 61.5 Å². The van der Waals surface area contributed by atoms with Crippen molar-refractivity contribution in [2.75, 3.05) is 26.9 Å². The molecule has 0 aliphatic carbocycles. The van der Waals surface area contributed by atoms with Gasteiger partial charge in [0.1, 0.15) is 24.7 Å². The molecule has 6 heteroatoms. The fraction of sp³-hybridized carbons (Fsp3) is 0.261. The van der Waals surface area contributed by atoms with Crippen LogP contribution in [-0.2, 0) is 4.79 Å². The molecule has 0 saturated heterocycles. The molecular weight excluding hydrogens is 370 g/mol. The Kier molecular flexibility index (Phi) is 5.42. The summed E-state index contributed by atoms with van der Waals surface area (Å²) in [5.41, 5.74) is 0.945. The average molecular weight is 393 g/mol. The van der Waals surface area contributed by atoms with E-state index in [0.717, 1.165) is 27.8 Å². The molecule has 6 nitrogen and oxygen atoms in total. The molecule has 1 atom stereocenters. The predicted molar refractivity (Wildman–Crippen MR) is 110 cm³/mol. The fourth-order valence-corrected chi connectivity index (χ4v) is 3.26. The zero-order valence-corrected chi connectivity index (χ0v) is 16.4. The number of carbonyl (C=O) groups is 1. The molecule has 3 aromatic carbocycles. The summed E-state index contributed by atoms with van der Waals surface area (Å²) in [5, 5.41) is 5.02. The normalized spacial score (nSPS) is 13.6. The van der Waals surface area contributed by atoms with Gasteiger partial charge < -0.3 is 24.3 Å². The van der Waals surface area contributed by atoms with Crippen molar-refractivity contribution in [3.63, 3.8) is 0 Å². The second kappa shape index (κ2) is 8.31. The van der Waals surface area contributed by atoms with Crippen molar-refractivity contribution in [2.45, 2.75) is 13.0 Å². The fourth-order valence-electron chi connectivity index (χ4n) is 3.26. The second-order valence-electron chi connectivity index (χ2n) is 6.86. The van der Waals surface area contributed by atoms with Crippen molar-refractivity contribution in [2.24, 2.45) is 0 Å². The highest BCUT2D eigenvalue weighted by atomic mass is 16.6. The Balaban J connectivity index is 1.36. The van der Waals surface area contributed by atoms with Crippen LogP contribution in [0.2, 0.25) is 0 Å². The van der Waals surface area contributed by atoms with Gasteiger partial charge in [-0.3, -0.25) is 4.79 Å². The van der Waals surface area contributed by atoms with E-state index in [2.05, 4.69) is 5.32 Å². The van der Waals surface area contributed by atoms with E-state index < -0.39 is 0 Å². The lowest BCUT2D eigenvalue weighted by Crippen LogP contribution is -2.31. The summed E-state index contributed by atoms with van der Waals surface area (Å²) in [6.45, 7) is 2.94. The van der Waals surface area contributed by atoms with Crippen LogP contribution in [0.1, 0.15) is 18.5 Å². The zero-order chi connectivity index (χ0) is 20.2. The molecule has 1 amide bonds. The third kappa shape index (κ3) is 4.37. The molecule has 1 aliphatic rings. The topological polar surface area (TPSA) is 66.0 Å². The summed E-state index contributed by atoms with van der Waals surface area (Å²) >= 11 is 0. The maximum Gasteiger partial charge on any atom is 0.258 e. The molecule has 29 heavy (non-hydrogen) atoms. The van der Waals surface area contributed by atoms with Gasteiger partial charge in [0.25, 0.3) is 5.91 Å². The molecule has 1 heterocycles. The van der Waals surface area contributed by atoms with Crippen LogP contribution in [-0.4, -0.2) is 32.8 Å². The number of fused-ring (bicyclic) bond motifs is 2. The first kappa shape index (κ1) is 18.9. The van der Waals surface area contributed by atoms with Gasteiger partial charge in [-0.2, -0.15) is 0 Å². The molecule has 150 valence electrons. The Morgan fingerprint density at radius 3 is 2.48 bits per heavy atom. The molecule has 0 aromatic heterocycles. The minimum Gasteiger partial charge on any atom is -0.497 e. The number of amides is 1. The summed E-state index contributed by atoms with van der Waals surface area (Å²) in [4.78, 5) is 12.3. The van der Waals surface area contributed by atoms with Gasteiger partial charge in [0, 0.05) is 0 Å². The standard InChI is InChI=1S/C23H23NO5/c1-15(17-5-8-21-22(13-17)28-10-9-27-21)24-23(25)14-29-20-7-4-16-3-6-19(26-2)11-18(16)12-20/h3-8,11-13,15H,9-10,14H2,1-2H3,(H,24,25). The molecular formula is C23H23NO5. The SMILES string of the molecule is COc1ccc2ccc(OCC(=O)NC(C)c3ccc4c(c3)OCCO4)cc2c1.